The zero-order valence-electron chi connectivity index (χ0n) is 16.9. The van der Waals surface area contributed by atoms with Crippen molar-refractivity contribution in [3.63, 3.8) is 0 Å². The molecule has 0 saturated carbocycles. The molecule has 2 saturated heterocycles. The highest BCUT2D eigenvalue weighted by molar-refractivity contribution is 7.89. The van der Waals surface area contributed by atoms with Gasteiger partial charge in [-0.05, 0) is 44.2 Å². The molecule has 1 aromatic rings. The molecule has 0 aromatic heterocycles. The number of sulfonamides is 1. The van der Waals surface area contributed by atoms with Gasteiger partial charge in [-0.1, -0.05) is 24.6 Å². The summed E-state index contributed by atoms with van der Waals surface area (Å²) in [6, 6.07) is 7.21. The van der Waals surface area contributed by atoms with Gasteiger partial charge in [0.2, 0.25) is 10.0 Å². The molecule has 3 rings (SSSR count). The van der Waals surface area contributed by atoms with Crippen LogP contribution >= 0.6 is 0 Å². The van der Waals surface area contributed by atoms with Crippen LogP contribution < -0.4 is 10.6 Å². The first-order valence-corrected chi connectivity index (χ1v) is 11.6. The SMILES string of the molecule is CN=C(NCc1ccccc1S(=O)(=O)N1CCCCC1)NCC1(C)CCCO1. The summed E-state index contributed by atoms with van der Waals surface area (Å²) >= 11 is 0. The van der Waals surface area contributed by atoms with E-state index in [2.05, 4.69) is 22.5 Å². The van der Waals surface area contributed by atoms with Crippen molar-refractivity contribution in [1.29, 1.82) is 0 Å². The van der Waals surface area contributed by atoms with Crippen LogP contribution in [-0.2, 0) is 21.3 Å². The minimum atomic E-state index is -3.47. The molecule has 0 amide bonds. The van der Waals surface area contributed by atoms with E-state index in [0.717, 1.165) is 44.3 Å². The summed E-state index contributed by atoms with van der Waals surface area (Å²) in [7, 11) is -1.76. The third kappa shape index (κ3) is 5.04. The Morgan fingerprint density at radius 3 is 2.61 bits per heavy atom. The fourth-order valence-electron chi connectivity index (χ4n) is 3.79. The first-order chi connectivity index (χ1) is 13.4. The van der Waals surface area contributed by atoms with Crippen molar-refractivity contribution < 1.29 is 13.2 Å². The molecule has 0 aliphatic carbocycles. The van der Waals surface area contributed by atoms with Gasteiger partial charge in [0.1, 0.15) is 0 Å². The van der Waals surface area contributed by atoms with Crippen molar-refractivity contribution in [1.82, 2.24) is 14.9 Å². The van der Waals surface area contributed by atoms with Crippen molar-refractivity contribution in [3.8, 4) is 0 Å². The Hall–Kier alpha value is -1.64. The van der Waals surface area contributed by atoms with Gasteiger partial charge >= 0.3 is 0 Å². The van der Waals surface area contributed by atoms with Crippen molar-refractivity contribution in [2.75, 3.05) is 33.3 Å². The number of hydrogen-bond donors (Lipinski definition) is 2. The van der Waals surface area contributed by atoms with E-state index in [-0.39, 0.29) is 5.60 Å². The van der Waals surface area contributed by atoms with E-state index in [9.17, 15) is 8.42 Å². The molecule has 156 valence electrons. The van der Waals surface area contributed by atoms with Gasteiger partial charge in [-0.25, -0.2) is 8.42 Å². The van der Waals surface area contributed by atoms with Crippen LogP contribution in [-0.4, -0.2) is 57.6 Å². The van der Waals surface area contributed by atoms with E-state index in [1.807, 2.05) is 12.1 Å². The molecule has 2 aliphatic heterocycles. The van der Waals surface area contributed by atoms with E-state index in [1.165, 1.54) is 0 Å². The lowest BCUT2D eigenvalue weighted by Gasteiger charge is -2.27. The molecule has 1 aromatic carbocycles. The number of nitrogens with one attached hydrogen (secondary N) is 2. The number of rotatable bonds is 6. The maximum absolute atomic E-state index is 13.1. The van der Waals surface area contributed by atoms with Crippen LogP contribution in [0.2, 0.25) is 0 Å². The predicted octanol–water partition coefficient (Wildman–Crippen LogP) is 2.10. The molecular formula is C20H32N4O3S. The second-order valence-electron chi connectivity index (χ2n) is 7.75. The number of ether oxygens (including phenoxy) is 1. The van der Waals surface area contributed by atoms with Crippen LogP contribution in [0.5, 0.6) is 0 Å². The maximum Gasteiger partial charge on any atom is 0.243 e. The summed E-state index contributed by atoms with van der Waals surface area (Å²) in [5, 5.41) is 6.54. The number of piperidine rings is 1. The zero-order valence-corrected chi connectivity index (χ0v) is 17.7. The second kappa shape index (κ2) is 9.24. The third-order valence-corrected chi connectivity index (χ3v) is 7.50. The smallest absolute Gasteiger partial charge is 0.243 e. The van der Waals surface area contributed by atoms with E-state index < -0.39 is 10.0 Å². The topological polar surface area (TPSA) is 83.0 Å². The number of guanidine groups is 1. The largest absolute Gasteiger partial charge is 0.373 e. The highest BCUT2D eigenvalue weighted by Crippen LogP contribution is 2.24. The Balaban J connectivity index is 1.65. The average molecular weight is 409 g/mol. The van der Waals surface area contributed by atoms with Crippen LogP contribution in [0.1, 0.15) is 44.6 Å². The van der Waals surface area contributed by atoms with E-state index in [1.54, 1.807) is 23.5 Å². The van der Waals surface area contributed by atoms with Crippen molar-refractivity contribution in [3.05, 3.63) is 29.8 Å². The highest BCUT2D eigenvalue weighted by Gasteiger charge is 2.30. The molecule has 1 atom stereocenters. The first kappa shape index (κ1) is 21.1. The molecule has 1 unspecified atom stereocenters. The Morgan fingerprint density at radius 1 is 1.18 bits per heavy atom. The summed E-state index contributed by atoms with van der Waals surface area (Å²) in [6.07, 6.45) is 5.05. The van der Waals surface area contributed by atoms with Gasteiger partial charge in [0.25, 0.3) is 0 Å². The molecule has 2 heterocycles. The quantitative estimate of drug-likeness (QED) is 0.556. The van der Waals surface area contributed by atoms with Gasteiger partial charge in [0.15, 0.2) is 5.96 Å². The Morgan fingerprint density at radius 2 is 1.93 bits per heavy atom. The molecule has 0 radical (unpaired) electrons. The van der Waals surface area contributed by atoms with Crippen LogP contribution in [0.15, 0.2) is 34.2 Å². The summed E-state index contributed by atoms with van der Waals surface area (Å²) in [4.78, 5) is 4.64. The van der Waals surface area contributed by atoms with Crippen LogP contribution in [0, 0.1) is 0 Å². The predicted molar refractivity (Wildman–Crippen MR) is 111 cm³/mol. The highest BCUT2D eigenvalue weighted by atomic mass is 32.2. The molecule has 0 spiro atoms. The van der Waals surface area contributed by atoms with Crippen molar-refractivity contribution >= 4 is 16.0 Å². The average Bonchev–Trinajstić information content (AvgIpc) is 3.16. The van der Waals surface area contributed by atoms with Crippen LogP contribution in [0.4, 0.5) is 0 Å². The monoisotopic (exact) mass is 408 g/mol. The molecular weight excluding hydrogens is 376 g/mol. The number of hydrogen-bond acceptors (Lipinski definition) is 4. The molecule has 8 heteroatoms. The van der Waals surface area contributed by atoms with E-state index in [4.69, 9.17) is 4.74 Å². The third-order valence-electron chi connectivity index (χ3n) is 5.51. The summed E-state index contributed by atoms with van der Waals surface area (Å²) in [5.41, 5.74) is 0.576. The second-order valence-corrected chi connectivity index (χ2v) is 9.66. The maximum atomic E-state index is 13.1. The van der Waals surface area contributed by atoms with Crippen LogP contribution in [0.3, 0.4) is 0 Å². The van der Waals surface area contributed by atoms with Gasteiger partial charge < -0.3 is 15.4 Å². The van der Waals surface area contributed by atoms with E-state index >= 15 is 0 Å². The minimum absolute atomic E-state index is 0.173. The van der Waals surface area contributed by atoms with Gasteiger partial charge in [0, 0.05) is 39.8 Å². The standard InChI is InChI=1S/C20H32N4O3S/c1-20(11-8-14-27-20)16-23-19(21-2)22-15-17-9-4-5-10-18(17)28(25,26)24-12-6-3-7-13-24/h4-5,9-10H,3,6-8,11-16H2,1-2H3,(H2,21,22,23). The lowest BCUT2D eigenvalue weighted by atomic mass is 10.0. The minimum Gasteiger partial charge on any atom is -0.373 e. The van der Waals surface area contributed by atoms with Crippen molar-refractivity contribution in [2.45, 2.75) is 56.1 Å². The van der Waals surface area contributed by atoms with Crippen LogP contribution in [0.25, 0.3) is 0 Å². The summed E-state index contributed by atoms with van der Waals surface area (Å²) in [6.45, 7) is 5.16. The number of nitrogens with zero attached hydrogens (tertiary/aromatic N) is 2. The Labute approximate surface area is 168 Å². The Kier molecular flexibility index (Phi) is 6.95. The molecule has 0 bridgehead atoms. The van der Waals surface area contributed by atoms with Gasteiger partial charge in [-0.2, -0.15) is 4.31 Å². The molecule has 7 nitrogen and oxygen atoms in total. The van der Waals surface area contributed by atoms with Crippen molar-refractivity contribution in [2.24, 2.45) is 4.99 Å². The fraction of sp³-hybridized carbons (Fsp3) is 0.650. The summed E-state index contributed by atoms with van der Waals surface area (Å²) < 4.78 is 33.6. The summed E-state index contributed by atoms with van der Waals surface area (Å²) in [5.74, 6) is 0.641. The molecule has 2 fully saturated rings. The fourth-order valence-corrected chi connectivity index (χ4v) is 5.53. The van der Waals surface area contributed by atoms with Gasteiger partial charge in [0.05, 0.1) is 10.5 Å². The molecule has 28 heavy (non-hydrogen) atoms. The normalized spacial score (nSPS) is 24.3. The molecule has 2 N–H and O–H groups in total. The van der Waals surface area contributed by atoms with E-state index in [0.29, 0.717) is 37.0 Å². The van der Waals surface area contributed by atoms with Gasteiger partial charge in [-0.15, -0.1) is 0 Å². The lowest BCUT2D eigenvalue weighted by molar-refractivity contribution is 0.0243. The zero-order chi connectivity index (χ0) is 20.0. The molecule has 2 aliphatic rings. The van der Waals surface area contributed by atoms with Gasteiger partial charge in [-0.3, -0.25) is 4.99 Å². The lowest BCUT2D eigenvalue weighted by Crippen LogP contribution is -2.45. The number of aliphatic imine (C=N–C) groups is 1. The first-order valence-electron chi connectivity index (χ1n) is 10.1. The number of benzene rings is 1. The Bertz CT molecular complexity index is 782.